The number of nitrogens with zero attached hydrogens (tertiary/aromatic N) is 1. The number of hydrogen-bond acceptors (Lipinski definition) is 2. The van der Waals surface area contributed by atoms with Crippen molar-refractivity contribution < 1.29 is 5.11 Å². The van der Waals surface area contributed by atoms with Crippen molar-refractivity contribution in [3.05, 3.63) is 0 Å². The Bertz CT molecular complexity index is 167. The zero-order chi connectivity index (χ0) is 9.52. The lowest BCUT2D eigenvalue weighted by molar-refractivity contribution is 0.154. The maximum Gasteiger partial charge on any atom is 0.0558 e. The Labute approximate surface area is 80.9 Å². The van der Waals surface area contributed by atoms with Gasteiger partial charge in [0, 0.05) is 25.6 Å². The minimum Gasteiger partial charge on any atom is -0.395 e. The van der Waals surface area contributed by atoms with Crippen LogP contribution in [0.5, 0.6) is 0 Å². The van der Waals surface area contributed by atoms with E-state index in [0.29, 0.717) is 6.04 Å². The van der Waals surface area contributed by atoms with E-state index in [4.69, 9.17) is 11.5 Å². The van der Waals surface area contributed by atoms with Crippen LogP contribution in [0.2, 0.25) is 0 Å². The van der Waals surface area contributed by atoms with Gasteiger partial charge in [-0.15, -0.1) is 12.3 Å². The quantitative estimate of drug-likeness (QED) is 0.645. The second kappa shape index (κ2) is 6.01. The van der Waals surface area contributed by atoms with Crippen LogP contribution in [0.15, 0.2) is 0 Å². The van der Waals surface area contributed by atoms with Gasteiger partial charge in [0.25, 0.3) is 0 Å². The van der Waals surface area contributed by atoms with Crippen molar-refractivity contribution in [3.8, 4) is 12.3 Å². The van der Waals surface area contributed by atoms with Crippen molar-refractivity contribution in [2.24, 2.45) is 0 Å². The molecule has 0 saturated heterocycles. The first-order valence-corrected chi connectivity index (χ1v) is 5.17. The third kappa shape index (κ3) is 3.38. The van der Waals surface area contributed by atoms with Gasteiger partial charge >= 0.3 is 0 Å². The Balaban J connectivity index is 2.31. The monoisotopic (exact) mass is 181 g/mol. The Morgan fingerprint density at radius 1 is 1.31 bits per heavy atom. The molecule has 74 valence electrons. The van der Waals surface area contributed by atoms with E-state index in [9.17, 15) is 0 Å². The molecule has 0 aromatic rings. The van der Waals surface area contributed by atoms with Gasteiger partial charge in [-0.1, -0.05) is 12.8 Å². The Morgan fingerprint density at radius 2 is 2.00 bits per heavy atom. The SMILES string of the molecule is C#CCCN(CCO)C1CCCC1. The summed E-state index contributed by atoms with van der Waals surface area (Å²) >= 11 is 0. The number of rotatable bonds is 5. The average Bonchev–Trinajstić information content (AvgIpc) is 2.65. The smallest absolute Gasteiger partial charge is 0.0558 e. The summed E-state index contributed by atoms with van der Waals surface area (Å²) in [6, 6.07) is 0.681. The molecule has 0 aliphatic heterocycles. The molecule has 2 heteroatoms. The van der Waals surface area contributed by atoms with Gasteiger partial charge in [-0.3, -0.25) is 4.90 Å². The molecule has 0 spiro atoms. The van der Waals surface area contributed by atoms with Gasteiger partial charge in [0.1, 0.15) is 0 Å². The summed E-state index contributed by atoms with van der Waals surface area (Å²) in [5.74, 6) is 2.66. The number of hydrogen-bond donors (Lipinski definition) is 1. The van der Waals surface area contributed by atoms with Crippen molar-refractivity contribution in [2.75, 3.05) is 19.7 Å². The predicted molar refractivity (Wildman–Crippen MR) is 54.4 cm³/mol. The van der Waals surface area contributed by atoms with Gasteiger partial charge in [0.05, 0.1) is 6.61 Å². The van der Waals surface area contributed by atoms with Crippen molar-refractivity contribution >= 4 is 0 Å². The Hall–Kier alpha value is -0.520. The van der Waals surface area contributed by atoms with E-state index in [1.165, 1.54) is 25.7 Å². The largest absolute Gasteiger partial charge is 0.395 e. The van der Waals surface area contributed by atoms with Gasteiger partial charge in [-0.05, 0) is 12.8 Å². The van der Waals surface area contributed by atoms with E-state index in [2.05, 4.69) is 10.8 Å². The molecule has 2 nitrogen and oxygen atoms in total. The molecule has 1 N–H and O–H groups in total. The second-order valence-electron chi connectivity index (χ2n) is 3.65. The van der Waals surface area contributed by atoms with Crippen molar-refractivity contribution in [3.63, 3.8) is 0 Å². The summed E-state index contributed by atoms with van der Waals surface area (Å²) in [7, 11) is 0. The molecule has 0 unspecified atom stereocenters. The van der Waals surface area contributed by atoms with E-state index >= 15 is 0 Å². The van der Waals surface area contributed by atoms with Crippen LogP contribution >= 0.6 is 0 Å². The highest BCUT2D eigenvalue weighted by Crippen LogP contribution is 2.23. The minimum absolute atomic E-state index is 0.251. The first-order valence-electron chi connectivity index (χ1n) is 5.17. The third-order valence-electron chi connectivity index (χ3n) is 2.77. The van der Waals surface area contributed by atoms with Gasteiger partial charge in [-0.2, -0.15) is 0 Å². The molecule has 0 atom stereocenters. The van der Waals surface area contributed by atoms with Gasteiger partial charge in [0.2, 0.25) is 0 Å². The van der Waals surface area contributed by atoms with E-state index < -0.39 is 0 Å². The summed E-state index contributed by atoms with van der Waals surface area (Å²) in [6.07, 6.45) is 11.3. The molecular weight excluding hydrogens is 162 g/mol. The fraction of sp³-hybridized carbons (Fsp3) is 0.818. The number of aliphatic hydroxyl groups excluding tert-OH is 1. The van der Waals surface area contributed by atoms with E-state index in [-0.39, 0.29) is 6.61 Å². The molecular formula is C11H19NO. The molecule has 0 aromatic heterocycles. The van der Waals surface area contributed by atoms with Crippen LogP contribution in [0.4, 0.5) is 0 Å². The second-order valence-corrected chi connectivity index (χ2v) is 3.65. The lowest BCUT2D eigenvalue weighted by Crippen LogP contribution is -2.36. The average molecular weight is 181 g/mol. The van der Waals surface area contributed by atoms with Gasteiger partial charge in [-0.25, -0.2) is 0 Å². The highest BCUT2D eigenvalue weighted by molar-refractivity contribution is 4.87. The van der Waals surface area contributed by atoms with Crippen molar-refractivity contribution in [1.29, 1.82) is 0 Å². The standard InChI is InChI=1S/C11H19NO/c1-2-3-8-12(9-10-13)11-6-4-5-7-11/h1,11,13H,3-10H2. The number of aliphatic hydroxyl groups is 1. The van der Waals surface area contributed by atoms with Crippen LogP contribution in [0.1, 0.15) is 32.1 Å². The molecule has 0 radical (unpaired) electrons. The van der Waals surface area contributed by atoms with E-state index in [1.54, 1.807) is 0 Å². The molecule has 1 aliphatic carbocycles. The molecule has 13 heavy (non-hydrogen) atoms. The van der Waals surface area contributed by atoms with Crippen LogP contribution in [-0.4, -0.2) is 35.7 Å². The molecule has 1 fully saturated rings. The molecule has 0 heterocycles. The number of terminal acetylenes is 1. The van der Waals surface area contributed by atoms with E-state index in [1.807, 2.05) is 0 Å². The summed E-state index contributed by atoms with van der Waals surface area (Å²) in [6.45, 7) is 1.98. The topological polar surface area (TPSA) is 23.5 Å². The van der Waals surface area contributed by atoms with Gasteiger partial charge in [0.15, 0.2) is 0 Å². The highest BCUT2D eigenvalue weighted by atomic mass is 16.3. The maximum atomic E-state index is 8.90. The van der Waals surface area contributed by atoms with Crippen LogP contribution in [0, 0.1) is 12.3 Å². The minimum atomic E-state index is 0.251. The zero-order valence-electron chi connectivity index (χ0n) is 8.21. The third-order valence-corrected chi connectivity index (χ3v) is 2.77. The lowest BCUT2D eigenvalue weighted by Gasteiger charge is -2.27. The van der Waals surface area contributed by atoms with Crippen LogP contribution in [-0.2, 0) is 0 Å². The molecule has 0 amide bonds. The molecule has 0 aromatic carbocycles. The summed E-state index contributed by atoms with van der Waals surface area (Å²) in [4.78, 5) is 2.34. The normalized spacial score (nSPS) is 17.9. The first-order chi connectivity index (χ1) is 6.38. The van der Waals surface area contributed by atoms with Gasteiger partial charge < -0.3 is 5.11 Å². The fourth-order valence-corrected chi connectivity index (χ4v) is 2.08. The van der Waals surface area contributed by atoms with Crippen LogP contribution in [0.25, 0.3) is 0 Å². The van der Waals surface area contributed by atoms with Crippen molar-refractivity contribution in [2.45, 2.75) is 38.1 Å². The predicted octanol–water partition coefficient (Wildman–Crippen LogP) is 1.25. The Kier molecular flexibility index (Phi) is 4.88. The summed E-state index contributed by atoms with van der Waals surface area (Å²) in [5, 5.41) is 8.90. The molecule has 1 saturated carbocycles. The lowest BCUT2D eigenvalue weighted by atomic mass is 10.2. The molecule has 1 aliphatic rings. The van der Waals surface area contributed by atoms with Crippen LogP contribution < -0.4 is 0 Å². The molecule has 1 rings (SSSR count). The zero-order valence-corrected chi connectivity index (χ0v) is 8.21. The summed E-state index contributed by atoms with van der Waals surface area (Å²) in [5.41, 5.74) is 0. The fourth-order valence-electron chi connectivity index (χ4n) is 2.08. The molecule has 0 bridgehead atoms. The highest BCUT2D eigenvalue weighted by Gasteiger charge is 2.21. The van der Waals surface area contributed by atoms with Crippen molar-refractivity contribution in [1.82, 2.24) is 4.90 Å². The van der Waals surface area contributed by atoms with E-state index in [0.717, 1.165) is 19.5 Å². The first kappa shape index (κ1) is 10.6. The summed E-state index contributed by atoms with van der Waals surface area (Å²) < 4.78 is 0. The maximum absolute atomic E-state index is 8.90. The van der Waals surface area contributed by atoms with Crippen LogP contribution in [0.3, 0.4) is 0 Å². The Morgan fingerprint density at radius 3 is 2.54 bits per heavy atom.